The van der Waals surface area contributed by atoms with Crippen molar-refractivity contribution >= 4 is 34.8 Å². The Balaban J connectivity index is 1.44. The van der Waals surface area contributed by atoms with Gasteiger partial charge >= 0.3 is 0 Å². The predicted molar refractivity (Wildman–Crippen MR) is 103 cm³/mol. The van der Waals surface area contributed by atoms with E-state index >= 15 is 0 Å². The van der Waals surface area contributed by atoms with Crippen molar-refractivity contribution in [1.82, 2.24) is 10.2 Å². The predicted octanol–water partition coefficient (Wildman–Crippen LogP) is 3.43. The van der Waals surface area contributed by atoms with Gasteiger partial charge in [0, 0.05) is 37.7 Å². The normalized spacial score (nSPS) is 15.2. The van der Waals surface area contributed by atoms with E-state index in [0.29, 0.717) is 18.1 Å². The van der Waals surface area contributed by atoms with Gasteiger partial charge in [0.15, 0.2) is 0 Å². The number of para-hydroxylation sites is 1. The van der Waals surface area contributed by atoms with E-state index in [-0.39, 0.29) is 5.91 Å². The van der Waals surface area contributed by atoms with Crippen LogP contribution in [0.5, 0.6) is 0 Å². The van der Waals surface area contributed by atoms with Gasteiger partial charge in [0.1, 0.15) is 0 Å². The molecular weight excluding hydrogens is 357 g/mol. The van der Waals surface area contributed by atoms with E-state index in [0.717, 1.165) is 42.5 Å². The molecule has 0 aromatic heterocycles. The van der Waals surface area contributed by atoms with Gasteiger partial charge in [-0.2, -0.15) is 0 Å². The number of carbonyl (C=O) groups excluding carboxylic acids is 1. The van der Waals surface area contributed by atoms with Crippen LogP contribution in [0, 0.1) is 0 Å². The molecule has 0 aliphatic carbocycles. The van der Waals surface area contributed by atoms with Crippen molar-refractivity contribution in [2.75, 3.05) is 37.6 Å². The number of hydrogen-bond donors (Lipinski definition) is 1. The second-order valence-electron chi connectivity index (χ2n) is 6.12. The lowest BCUT2D eigenvalue weighted by Gasteiger charge is -2.36. The molecule has 2 aromatic carbocycles. The Labute approximate surface area is 158 Å². The highest BCUT2D eigenvalue weighted by Crippen LogP contribution is 2.25. The Morgan fingerprint density at radius 1 is 1.00 bits per heavy atom. The summed E-state index contributed by atoms with van der Waals surface area (Å²) < 4.78 is 0. The minimum Gasteiger partial charge on any atom is -0.368 e. The zero-order valence-corrected chi connectivity index (χ0v) is 15.4. The summed E-state index contributed by atoms with van der Waals surface area (Å²) >= 11 is 12.2. The second-order valence-corrected chi connectivity index (χ2v) is 6.96. The van der Waals surface area contributed by atoms with Crippen LogP contribution in [0.4, 0.5) is 5.69 Å². The molecule has 25 heavy (non-hydrogen) atoms. The number of hydrogen-bond acceptors (Lipinski definition) is 3. The van der Waals surface area contributed by atoms with Crippen molar-refractivity contribution in [2.45, 2.75) is 6.54 Å². The molecule has 1 saturated heterocycles. The quantitative estimate of drug-likeness (QED) is 0.866. The van der Waals surface area contributed by atoms with Crippen molar-refractivity contribution in [3.63, 3.8) is 0 Å². The Hall–Kier alpha value is -1.75. The van der Waals surface area contributed by atoms with Crippen molar-refractivity contribution in [2.24, 2.45) is 0 Å². The first-order valence-electron chi connectivity index (χ1n) is 8.35. The minimum absolute atomic E-state index is 0.0335. The largest absolute Gasteiger partial charge is 0.368 e. The Morgan fingerprint density at radius 3 is 2.48 bits per heavy atom. The molecule has 4 nitrogen and oxygen atoms in total. The number of nitrogens with zero attached hydrogens (tertiary/aromatic N) is 2. The van der Waals surface area contributed by atoms with Gasteiger partial charge in [-0.05, 0) is 29.8 Å². The van der Waals surface area contributed by atoms with Crippen LogP contribution in [0.25, 0.3) is 0 Å². The van der Waals surface area contributed by atoms with Crippen molar-refractivity contribution in [3.8, 4) is 0 Å². The zero-order valence-electron chi connectivity index (χ0n) is 13.9. The van der Waals surface area contributed by atoms with Gasteiger partial charge in [-0.25, -0.2) is 0 Å². The van der Waals surface area contributed by atoms with Crippen LogP contribution in [0.15, 0.2) is 48.5 Å². The molecule has 1 fully saturated rings. The number of carbonyl (C=O) groups is 1. The number of nitrogens with one attached hydrogen (secondary N) is 1. The molecule has 0 spiro atoms. The van der Waals surface area contributed by atoms with E-state index < -0.39 is 0 Å². The molecule has 1 N–H and O–H groups in total. The van der Waals surface area contributed by atoms with Gasteiger partial charge in [-0.1, -0.05) is 47.5 Å². The first kappa shape index (κ1) is 18.1. The highest BCUT2D eigenvalue weighted by atomic mass is 35.5. The molecule has 0 bridgehead atoms. The molecule has 132 valence electrons. The Morgan fingerprint density at radius 2 is 1.76 bits per heavy atom. The molecule has 0 atom stereocenters. The van der Waals surface area contributed by atoms with Gasteiger partial charge in [-0.3, -0.25) is 9.69 Å². The summed E-state index contributed by atoms with van der Waals surface area (Å²) in [6.07, 6.45) is 0. The van der Waals surface area contributed by atoms with Gasteiger partial charge in [0.25, 0.3) is 0 Å². The SMILES string of the molecule is O=C(CN1CCN(c2ccccc2Cl)CC1)NCc1cccc(Cl)c1. The summed E-state index contributed by atoms with van der Waals surface area (Å²) in [6.45, 7) is 4.33. The van der Waals surface area contributed by atoms with Crippen LogP contribution in [0.3, 0.4) is 0 Å². The van der Waals surface area contributed by atoms with E-state index in [4.69, 9.17) is 23.2 Å². The van der Waals surface area contributed by atoms with Gasteiger partial charge < -0.3 is 10.2 Å². The third kappa shape index (κ3) is 5.11. The standard InChI is InChI=1S/C19H21Cl2N3O/c20-16-5-3-4-15(12-16)13-22-19(25)14-23-8-10-24(11-9-23)18-7-2-1-6-17(18)21/h1-7,12H,8-11,13-14H2,(H,22,25). The number of anilines is 1. The summed E-state index contributed by atoms with van der Waals surface area (Å²) in [5.74, 6) is 0.0335. The Bertz CT molecular complexity index is 730. The molecule has 6 heteroatoms. The molecule has 1 aliphatic heterocycles. The van der Waals surface area contributed by atoms with E-state index in [1.165, 1.54) is 0 Å². The lowest BCUT2D eigenvalue weighted by atomic mass is 10.2. The first-order valence-corrected chi connectivity index (χ1v) is 9.10. The first-order chi connectivity index (χ1) is 12.1. The molecule has 0 radical (unpaired) electrons. The molecule has 3 rings (SSSR count). The maximum Gasteiger partial charge on any atom is 0.234 e. The fourth-order valence-electron chi connectivity index (χ4n) is 2.96. The van der Waals surface area contributed by atoms with Crippen LogP contribution in [-0.2, 0) is 11.3 Å². The average molecular weight is 378 g/mol. The van der Waals surface area contributed by atoms with Gasteiger partial charge in [0.05, 0.1) is 17.3 Å². The van der Waals surface area contributed by atoms with Crippen LogP contribution in [0.1, 0.15) is 5.56 Å². The molecule has 1 aliphatic rings. The number of piperazine rings is 1. The van der Waals surface area contributed by atoms with Crippen molar-refractivity contribution in [1.29, 1.82) is 0 Å². The van der Waals surface area contributed by atoms with E-state index in [2.05, 4.69) is 15.1 Å². The average Bonchev–Trinajstić information content (AvgIpc) is 2.61. The Kier molecular flexibility index (Phi) is 6.19. The lowest BCUT2D eigenvalue weighted by Crippen LogP contribution is -2.49. The summed E-state index contributed by atoms with van der Waals surface area (Å²) in [5, 5.41) is 4.41. The maximum atomic E-state index is 12.2. The number of halogens is 2. The second kappa shape index (κ2) is 8.56. The van der Waals surface area contributed by atoms with Crippen LogP contribution >= 0.6 is 23.2 Å². The van der Waals surface area contributed by atoms with Crippen molar-refractivity contribution < 1.29 is 4.79 Å². The smallest absolute Gasteiger partial charge is 0.234 e. The number of amides is 1. The van der Waals surface area contributed by atoms with Crippen LogP contribution < -0.4 is 10.2 Å². The van der Waals surface area contributed by atoms with Gasteiger partial charge in [0.2, 0.25) is 5.91 Å². The molecule has 2 aromatic rings. The summed E-state index contributed by atoms with van der Waals surface area (Å²) in [4.78, 5) is 16.6. The molecular formula is C19H21Cl2N3O. The maximum absolute atomic E-state index is 12.2. The van der Waals surface area contributed by atoms with Gasteiger partial charge in [-0.15, -0.1) is 0 Å². The summed E-state index contributed by atoms with van der Waals surface area (Å²) in [5.41, 5.74) is 2.07. The summed E-state index contributed by atoms with van der Waals surface area (Å²) in [6, 6.07) is 15.4. The fraction of sp³-hybridized carbons (Fsp3) is 0.316. The third-order valence-electron chi connectivity index (χ3n) is 4.31. The zero-order chi connectivity index (χ0) is 17.6. The van der Waals surface area contributed by atoms with E-state index in [1.807, 2.05) is 48.5 Å². The molecule has 1 heterocycles. The lowest BCUT2D eigenvalue weighted by molar-refractivity contribution is -0.122. The highest BCUT2D eigenvalue weighted by molar-refractivity contribution is 6.33. The highest BCUT2D eigenvalue weighted by Gasteiger charge is 2.20. The monoisotopic (exact) mass is 377 g/mol. The van der Waals surface area contributed by atoms with Crippen LogP contribution in [0.2, 0.25) is 10.0 Å². The molecule has 0 unspecified atom stereocenters. The summed E-state index contributed by atoms with van der Waals surface area (Å²) in [7, 11) is 0. The molecule has 1 amide bonds. The van der Waals surface area contributed by atoms with Crippen LogP contribution in [-0.4, -0.2) is 43.5 Å². The van der Waals surface area contributed by atoms with E-state index in [9.17, 15) is 4.79 Å². The van der Waals surface area contributed by atoms with E-state index in [1.54, 1.807) is 0 Å². The topological polar surface area (TPSA) is 35.6 Å². The molecule has 0 saturated carbocycles. The van der Waals surface area contributed by atoms with Crippen molar-refractivity contribution in [3.05, 3.63) is 64.1 Å². The number of rotatable bonds is 5. The minimum atomic E-state index is 0.0335. The fourth-order valence-corrected chi connectivity index (χ4v) is 3.43. The number of benzene rings is 2. The third-order valence-corrected chi connectivity index (χ3v) is 4.87.